The van der Waals surface area contributed by atoms with Gasteiger partial charge in [-0.2, -0.15) is 0 Å². The number of rotatable bonds is 28. The molecule has 0 bridgehead atoms. The lowest BCUT2D eigenvalue weighted by molar-refractivity contribution is -0.145. The molecule has 5 nitrogen and oxygen atoms in total. The zero-order valence-electron chi connectivity index (χ0n) is 29.7. The second-order valence-corrected chi connectivity index (χ2v) is 14.6. The van der Waals surface area contributed by atoms with E-state index in [0.717, 1.165) is 42.9 Å². The monoisotopic (exact) mass is 596 g/mol. The van der Waals surface area contributed by atoms with Crippen molar-refractivity contribution < 1.29 is 19.1 Å². The second-order valence-electron chi connectivity index (χ2n) is 14.6. The molecule has 0 aliphatic rings. The summed E-state index contributed by atoms with van der Waals surface area (Å²) in [4.78, 5) is 26.6. The van der Waals surface area contributed by atoms with Gasteiger partial charge < -0.3 is 9.47 Å². The molecule has 0 aromatic rings. The van der Waals surface area contributed by atoms with Crippen LogP contribution in [0.2, 0.25) is 0 Å². The van der Waals surface area contributed by atoms with Gasteiger partial charge in [-0.15, -0.1) is 0 Å². The van der Waals surface area contributed by atoms with Gasteiger partial charge in [0, 0.05) is 25.9 Å². The summed E-state index contributed by atoms with van der Waals surface area (Å²) in [6.45, 7) is 20.5. The first kappa shape index (κ1) is 40.9. The van der Waals surface area contributed by atoms with Gasteiger partial charge in [0.05, 0.1) is 0 Å². The van der Waals surface area contributed by atoms with E-state index in [4.69, 9.17) is 9.47 Å². The fourth-order valence-corrected chi connectivity index (χ4v) is 5.68. The Labute approximate surface area is 262 Å². The third-order valence-electron chi connectivity index (χ3n) is 9.01. The van der Waals surface area contributed by atoms with Crippen molar-refractivity contribution in [1.82, 2.24) is 4.90 Å². The number of hydrogen-bond donors (Lipinski definition) is 0. The first-order valence-electron chi connectivity index (χ1n) is 17.9. The molecule has 0 amide bonds. The van der Waals surface area contributed by atoms with E-state index < -0.39 is 0 Å². The van der Waals surface area contributed by atoms with E-state index in [-0.39, 0.29) is 11.9 Å². The van der Waals surface area contributed by atoms with Gasteiger partial charge in [0.2, 0.25) is 0 Å². The molecule has 0 radical (unpaired) electrons. The van der Waals surface area contributed by atoms with Gasteiger partial charge >= 0.3 is 11.9 Å². The zero-order chi connectivity index (χ0) is 31.8. The van der Waals surface area contributed by atoms with Crippen molar-refractivity contribution in [3.05, 3.63) is 0 Å². The number of likely N-dealkylation sites (N-methyl/N-ethyl adjacent to an activating group) is 1. The average molecular weight is 596 g/mol. The van der Waals surface area contributed by atoms with Gasteiger partial charge in [-0.05, 0) is 55.4 Å². The molecule has 0 spiro atoms. The third-order valence-corrected chi connectivity index (χ3v) is 9.01. The van der Waals surface area contributed by atoms with E-state index in [1.165, 1.54) is 70.6 Å². The van der Waals surface area contributed by atoms with Crippen molar-refractivity contribution >= 4 is 11.9 Å². The van der Waals surface area contributed by atoms with Crippen molar-refractivity contribution in [2.75, 3.05) is 33.4 Å². The molecule has 0 heterocycles. The predicted molar refractivity (Wildman–Crippen MR) is 180 cm³/mol. The largest absolute Gasteiger partial charge is 0.464 e. The SMILES string of the molecule is CCC(CCCC(C)CCCC(C)C)CC(=O)OCCN(C)CCOC(=O)CCC(C)CCCC(C)CCCC(C)C. The van der Waals surface area contributed by atoms with Crippen LogP contribution in [0.3, 0.4) is 0 Å². The Balaban J connectivity index is 3.86. The van der Waals surface area contributed by atoms with Crippen LogP contribution in [0.1, 0.15) is 158 Å². The van der Waals surface area contributed by atoms with E-state index in [9.17, 15) is 9.59 Å². The molecule has 250 valence electrons. The van der Waals surface area contributed by atoms with Crippen molar-refractivity contribution in [3.8, 4) is 0 Å². The normalized spacial score (nSPS) is 14.8. The van der Waals surface area contributed by atoms with E-state index in [2.05, 4.69) is 60.3 Å². The Morgan fingerprint density at radius 2 is 0.976 bits per heavy atom. The Hall–Kier alpha value is -1.10. The first-order chi connectivity index (χ1) is 19.9. The van der Waals surface area contributed by atoms with Crippen LogP contribution in [0.25, 0.3) is 0 Å². The second kappa shape index (κ2) is 26.3. The molecular formula is C37H73NO4. The van der Waals surface area contributed by atoms with Crippen LogP contribution in [-0.2, 0) is 19.1 Å². The lowest BCUT2D eigenvalue weighted by Gasteiger charge is -2.18. The summed E-state index contributed by atoms with van der Waals surface area (Å²) in [5, 5.41) is 0. The van der Waals surface area contributed by atoms with E-state index in [0.29, 0.717) is 51.0 Å². The van der Waals surface area contributed by atoms with Crippen LogP contribution in [0.5, 0.6) is 0 Å². The summed E-state index contributed by atoms with van der Waals surface area (Å²) < 4.78 is 11.0. The van der Waals surface area contributed by atoms with Crippen molar-refractivity contribution in [2.45, 2.75) is 158 Å². The van der Waals surface area contributed by atoms with Crippen molar-refractivity contribution in [1.29, 1.82) is 0 Å². The number of esters is 2. The fourth-order valence-electron chi connectivity index (χ4n) is 5.68. The van der Waals surface area contributed by atoms with Gasteiger partial charge in [-0.1, -0.05) is 132 Å². The van der Waals surface area contributed by atoms with Gasteiger partial charge in [0.15, 0.2) is 0 Å². The number of carbonyl (C=O) groups is 2. The maximum atomic E-state index is 12.4. The van der Waals surface area contributed by atoms with Gasteiger partial charge in [-0.3, -0.25) is 14.5 Å². The average Bonchev–Trinajstić information content (AvgIpc) is 2.90. The molecule has 0 aromatic heterocycles. The van der Waals surface area contributed by atoms with Crippen LogP contribution in [0, 0.1) is 35.5 Å². The fraction of sp³-hybridized carbons (Fsp3) is 0.946. The summed E-state index contributed by atoms with van der Waals surface area (Å²) >= 11 is 0. The highest BCUT2D eigenvalue weighted by Gasteiger charge is 2.15. The molecular weight excluding hydrogens is 522 g/mol. The molecule has 0 aliphatic carbocycles. The minimum Gasteiger partial charge on any atom is -0.464 e. The van der Waals surface area contributed by atoms with E-state index in [1.807, 2.05) is 7.05 Å². The van der Waals surface area contributed by atoms with E-state index >= 15 is 0 Å². The third kappa shape index (κ3) is 26.5. The van der Waals surface area contributed by atoms with Gasteiger partial charge in [0.25, 0.3) is 0 Å². The number of hydrogen-bond acceptors (Lipinski definition) is 5. The maximum absolute atomic E-state index is 12.4. The Bertz CT molecular complexity index is 650. The molecule has 0 aliphatic heterocycles. The van der Waals surface area contributed by atoms with Crippen molar-refractivity contribution in [3.63, 3.8) is 0 Å². The summed E-state index contributed by atoms with van der Waals surface area (Å²) in [5.74, 6) is 4.00. The van der Waals surface area contributed by atoms with Crippen molar-refractivity contribution in [2.24, 2.45) is 35.5 Å². The summed E-state index contributed by atoms with van der Waals surface area (Å²) in [6.07, 6.45) is 18.3. The van der Waals surface area contributed by atoms with Crippen LogP contribution in [0.15, 0.2) is 0 Å². The van der Waals surface area contributed by atoms with Crippen LogP contribution < -0.4 is 0 Å². The topological polar surface area (TPSA) is 55.8 Å². The summed E-state index contributed by atoms with van der Waals surface area (Å²) in [6, 6.07) is 0. The standard InChI is InChI=1S/C37H73NO4/c1-10-35(22-14-21-33(7)18-12-16-31(4)5)29-37(40)42-28-26-38(9)25-27-41-36(39)24-23-34(8)20-13-19-32(6)17-11-15-30(2)3/h30-35H,10-29H2,1-9H3. The molecule has 0 saturated carbocycles. The molecule has 42 heavy (non-hydrogen) atoms. The highest BCUT2D eigenvalue weighted by molar-refractivity contribution is 5.69. The molecule has 4 unspecified atom stereocenters. The molecule has 0 saturated heterocycles. The van der Waals surface area contributed by atoms with Gasteiger partial charge in [-0.25, -0.2) is 0 Å². The minimum atomic E-state index is -0.0979. The zero-order valence-corrected chi connectivity index (χ0v) is 29.7. The van der Waals surface area contributed by atoms with Gasteiger partial charge in [0.1, 0.15) is 13.2 Å². The number of ether oxygens (including phenoxy) is 2. The lowest BCUT2D eigenvalue weighted by Crippen LogP contribution is -2.28. The highest BCUT2D eigenvalue weighted by atomic mass is 16.5. The summed E-state index contributed by atoms with van der Waals surface area (Å²) in [5.41, 5.74) is 0. The maximum Gasteiger partial charge on any atom is 0.306 e. The summed E-state index contributed by atoms with van der Waals surface area (Å²) in [7, 11) is 1.98. The molecule has 4 atom stereocenters. The Kier molecular flexibility index (Phi) is 25.6. The molecule has 5 heteroatoms. The first-order valence-corrected chi connectivity index (χ1v) is 17.9. The molecule has 0 fully saturated rings. The number of carbonyl (C=O) groups excluding carboxylic acids is 2. The Morgan fingerprint density at radius 1 is 0.571 bits per heavy atom. The lowest BCUT2D eigenvalue weighted by atomic mass is 9.91. The Morgan fingerprint density at radius 3 is 1.43 bits per heavy atom. The highest BCUT2D eigenvalue weighted by Crippen LogP contribution is 2.23. The quantitative estimate of drug-likeness (QED) is 0.0842. The van der Waals surface area contributed by atoms with Crippen LogP contribution in [0.4, 0.5) is 0 Å². The number of nitrogens with zero attached hydrogens (tertiary/aromatic N) is 1. The molecule has 0 rings (SSSR count). The van der Waals surface area contributed by atoms with Crippen LogP contribution >= 0.6 is 0 Å². The van der Waals surface area contributed by atoms with Crippen LogP contribution in [-0.4, -0.2) is 50.2 Å². The minimum absolute atomic E-state index is 0.0821. The molecule has 0 aromatic carbocycles. The van der Waals surface area contributed by atoms with E-state index in [1.54, 1.807) is 0 Å². The molecule has 0 N–H and O–H groups in total. The smallest absolute Gasteiger partial charge is 0.306 e. The predicted octanol–water partition coefficient (Wildman–Crippen LogP) is 10.1.